The molecule has 1 aliphatic heterocycles. The zero-order valence-electron chi connectivity index (χ0n) is 9.29. The fraction of sp³-hybridized carbons (Fsp3) is 0.909. The van der Waals surface area contributed by atoms with Crippen LogP contribution in [-0.4, -0.2) is 31.7 Å². The fourth-order valence-electron chi connectivity index (χ4n) is 2.30. The predicted octanol–water partition coefficient (Wildman–Crippen LogP) is 0.267. The molecule has 15 heavy (non-hydrogen) atoms. The van der Waals surface area contributed by atoms with Crippen molar-refractivity contribution in [2.24, 2.45) is 17.1 Å². The summed E-state index contributed by atoms with van der Waals surface area (Å²) in [5, 5.41) is 3.00. The van der Waals surface area contributed by atoms with E-state index in [1.165, 1.54) is 0 Å². The highest BCUT2D eigenvalue weighted by Crippen LogP contribution is 2.27. The Kier molecular flexibility index (Phi) is 2.98. The van der Waals surface area contributed by atoms with Gasteiger partial charge in [-0.05, 0) is 12.8 Å². The molecular weight excluding hydrogens is 192 g/mol. The first-order valence-electron chi connectivity index (χ1n) is 5.72. The Morgan fingerprint density at radius 3 is 2.73 bits per heavy atom. The van der Waals surface area contributed by atoms with E-state index in [4.69, 9.17) is 10.5 Å². The minimum Gasteiger partial charge on any atom is -0.380 e. The Morgan fingerprint density at radius 2 is 2.27 bits per heavy atom. The van der Waals surface area contributed by atoms with Gasteiger partial charge in [0, 0.05) is 18.0 Å². The summed E-state index contributed by atoms with van der Waals surface area (Å²) in [4.78, 5) is 11.8. The van der Waals surface area contributed by atoms with Crippen LogP contribution in [0, 0.1) is 11.3 Å². The maximum Gasteiger partial charge on any atom is 0.224 e. The number of nitrogens with two attached hydrogens (primary N) is 1. The van der Waals surface area contributed by atoms with Crippen LogP contribution in [0.15, 0.2) is 0 Å². The number of hydrogen-bond donors (Lipinski definition) is 2. The van der Waals surface area contributed by atoms with Crippen molar-refractivity contribution in [2.45, 2.75) is 32.2 Å². The van der Waals surface area contributed by atoms with Crippen LogP contribution in [0.25, 0.3) is 0 Å². The average molecular weight is 212 g/mol. The molecule has 1 saturated heterocycles. The molecule has 2 fully saturated rings. The lowest BCUT2D eigenvalue weighted by atomic mass is 9.88. The SMILES string of the molecule is CC1(CNC(=O)C2CCCC2N)COC1. The summed E-state index contributed by atoms with van der Waals surface area (Å²) >= 11 is 0. The van der Waals surface area contributed by atoms with Crippen LogP contribution in [-0.2, 0) is 9.53 Å². The average Bonchev–Trinajstić information content (AvgIpc) is 2.58. The van der Waals surface area contributed by atoms with Crippen LogP contribution >= 0.6 is 0 Å². The predicted molar refractivity (Wildman–Crippen MR) is 57.3 cm³/mol. The molecule has 0 aromatic rings. The van der Waals surface area contributed by atoms with Gasteiger partial charge < -0.3 is 15.8 Å². The summed E-state index contributed by atoms with van der Waals surface area (Å²) < 4.78 is 5.14. The first-order chi connectivity index (χ1) is 7.11. The maximum absolute atomic E-state index is 11.8. The van der Waals surface area contributed by atoms with Gasteiger partial charge >= 0.3 is 0 Å². The molecule has 0 aromatic heterocycles. The molecule has 0 bridgehead atoms. The molecule has 0 spiro atoms. The van der Waals surface area contributed by atoms with Crippen molar-refractivity contribution in [1.82, 2.24) is 5.32 Å². The lowest BCUT2D eigenvalue weighted by Gasteiger charge is -2.38. The third-order valence-electron chi connectivity index (χ3n) is 3.50. The smallest absolute Gasteiger partial charge is 0.224 e. The van der Waals surface area contributed by atoms with E-state index in [-0.39, 0.29) is 23.3 Å². The number of hydrogen-bond acceptors (Lipinski definition) is 3. The number of amides is 1. The highest BCUT2D eigenvalue weighted by atomic mass is 16.5. The minimum atomic E-state index is 0.0367. The molecule has 1 amide bonds. The van der Waals surface area contributed by atoms with Gasteiger partial charge in [0.05, 0.1) is 19.1 Å². The van der Waals surface area contributed by atoms with Crippen molar-refractivity contribution in [3.8, 4) is 0 Å². The number of rotatable bonds is 3. The zero-order chi connectivity index (χ0) is 10.9. The minimum absolute atomic E-state index is 0.0367. The van der Waals surface area contributed by atoms with Crippen molar-refractivity contribution >= 4 is 5.91 Å². The van der Waals surface area contributed by atoms with Gasteiger partial charge in [0.25, 0.3) is 0 Å². The van der Waals surface area contributed by atoms with Gasteiger partial charge in [-0.15, -0.1) is 0 Å². The summed E-state index contributed by atoms with van der Waals surface area (Å²) in [5.74, 6) is 0.169. The van der Waals surface area contributed by atoms with E-state index < -0.39 is 0 Å². The molecule has 2 rings (SSSR count). The Hall–Kier alpha value is -0.610. The van der Waals surface area contributed by atoms with Crippen LogP contribution in [0.3, 0.4) is 0 Å². The van der Waals surface area contributed by atoms with E-state index in [0.717, 1.165) is 39.0 Å². The Bertz CT molecular complexity index is 251. The van der Waals surface area contributed by atoms with E-state index in [9.17, 15) is 4.79 Å². The van der Waals surface area contributed by atoms with E-state index >= 15 is 0 Å². The van der Waals surface area contributed by atoms with Crippen LogP contribution in [0.1, 0.15) is 26.2 Å². The first-order valence-corrected chi connectivity index (χ1v) is 5.72. The molecule has 4 heteroatoms. The molecule has 1 aliphatic carbocycles. The third-order valence-corrected chi connectivity index (χ3v) is 3.50. The van der Waals surface area contributed by atoms with Gasteiger partial charge in [0.1, 0.15) is 0 Å². The standard InChI is InChI=1S/C11H20N2O2/c1-11(6-15-7-11)5-13-10(14)8-3-2-4-9(8)12/h8-9H,2-7,12H2,1H3,(H,13,14). The first kappa shape index (κ1) is 10.9. The van der Waals surface area contributed by atoms with Crippen molar-refractivity contribution < 1.29 is 9.53 Å². The monoisotopic (exact) mass is 212 g/mol. The summed E-state index contributed by atoms with van der Waals surface area (Å²) in [7, 11) is 0. The second-order valence-corrected chi connectivity index (χ2v) is 5.22. The molecule has 0 radical (unpaired) electrons. The molecule has 2 atom stereocenters. The topological polar surface area (TPSA) is 64.4 Å². The maximum atomic E-state index is 11.8. The Balaban J connectivity index is 1.76. The largest absolute Gasteiger partial charge is 0.380 e. The number of carbonyl (C=O) groups is 1. The number of carbonyl (C=O) groups excluding carboxylic acids is 1. The summed E-state index contributed by atoms with van der Waals surface area (Å²) in [6.07, 6.45) is 3.01. The van der Waals surface area contributed by atoms with E-state index in [1.54, 1.807) is 0 Å². The second kappa shape index (κ2) is 4.10. The van der Waals surface area contributed by atoms with Gasteiger partial charge in [-0.3, -0.25) is 4.79 Å². The van der Waals surface area contributed by atoms with Gasteiger partial charge in [-0.1, -0.05) is 13.3 Å². The van der Waals surface area contributed by atoms with Gasteiger partial charge in [-0.2, -0.15) is 0 Å². The summed E-state index contributed by atoms with van der Waals surface area (Å²) in [6.45, 7) is 4.36. The molecule has 3 N–H and O–H groups in total. The van der Waals surface area contributed by atoms with Gasteiger partial charge in [-0.25, -0.2) is 0 Å². The van der Waals surface area contributed by atoms with Gasteiger partial charge in [0.2, 0.25) is 5.91 Å². The Morgan fingerprint density at radius 1 is 1.53 bits per heavy atom. The molecule has 2 aliphatic rings. The molecule has 0 aromatic carbocycles. The fourth-order valence-corrected chi connectivity index (χ4v) is 2.30. The van der Waals surface area contributed by atoms with Crippen molar-refractivity contribution in [3.05, 3.63) is 0 Å². The summed E-state index contributed by atoms with van der Waals surface area (Å²) in [6, 6.07) is 0.0652. The second-order valence-electron chi connectivity index (χ2n) is 5.22. The van der Waals surface area contributed by atoms with Crippen LogP contribution < -0.4 is 11.1 Å². The molecule has 1 saturated carbocycles. The zero-order valence-corrected chi connectivity index (χ0v) is 9.29. The molecule has 2 unspecified atom stereocenters. The van der Waals surface area contributed by atoms with Crippen molar-refractivity contribution in [1.29, 1.82) is 0 Å². The quantitative estimate of drug-likeness (QED) is 0.705. The lowest BCUT2D eigenvalue weighted by molar-refractivity contribution is -0.130. The number of ether oxygens (including phenoxy) is 1. The van der Waals surface area contributed by atoms with Crippen LogP contribution in [0.5, 0.6) is 0 Å². The van der Waals surface area contributed by atoms with E-state index in [2.05, 4.69) is 12.2 Å². The number of nitrogens with one attached hydrogen (secondary N) is 1. The molecule has 1 heterocycles. The van der Waals surface area contributed by atoms with E-state index in [0.29, 0.717) is 0 Å². The van der Waals surface area contributed by atoms with E-state index in [1.807, 2.05) is 0 Å². The normalized spacial score (nSPS) is 33.5. The Labute approximate surface area is 90.5 Å². The molecular formula is C11H20N2O2. The molecule has 4 nitrogen and oxygen atoms in total. The van der Waals surface area contributed by atoms with Crippen LogP contribution in [0.4, 0.5) is 0 Å². The van der Waals surface area contributed by atoms with Crippen LogP contribution in [0.2, 0.25) is 0 Å². The van der Waals surface area contributed by atoms with Crippen molar-refractivity contribution in [2.75, 3.05) is 19.8 Å². The third kappa shape index (κ3) is 2.32. The van der Waals surface area contributed by atoms with Crippen molar-refractivity contribution in [3.63, 3.8) is 0 Å². The highest BCUT2D eigenvalue weighted by Gasteiger charge is 2.35. The lowest BCUT2D eigenvalue weighted by Crippen LogP contribution is -2.50. The molecule has 86 valence electrons. The summed E-state index contributed by atoms with van der Waals surface area (Å²) in [5.41, 5.74) is 6.03. The van der Waals surface area contributed by atoms with Gasteiger partial charge in [0.15, 0.2) is 0 Å². The highest BCUT2D eigenvalue weighted by molar-refractivity contribution is 5.79.